The number of hydrogen-bond donors (Lipinski definition) is 2. The third kappa shape index (κ3) is 3.82. The monoisotopic (exact) mass is 280 g/mol. The topological polar surface area (TPSA) is 89.3 Å². The van der Waals surface area contributed by atoms with Gasteiger partial charge in [0.1, 0.15) is 0 Å². The van der Waals surface area contributed by atoms with Crippen LogP contribution in [-0.2, 0) is 21.1 Å². The fourth-order valence-corrected chi connectivity index (χ4v) is 3.19. The maximum Gasteiger partial charge on any atom is 0.220 e. The first-order valence-electron chi connectivity index (χ1n) is 6.00. The second-order valence-electron chi connectivity index (χ2n) is 4.53. The van der Waals surface area contributed by atoms with Gasteiger partial charge in [-0.15, -0.1) is 0 Å². The van der Waals surface area contributed by atoms with Crippen LogP contribution in [0, 0.1) is 0 Å². The van der Waals surface area contributed by atoms with Crippen LogP contribution in [0.3, 0.4) is 0 Å². The van der Waals surface area contributed by atoms with Crippen molar-refractivity contribution in [3.8, 4) is 0 Å². The molecule has 102 valence electrons. The van der Waals surface area contributed by atoms with Crippen LogP contribution in [0.2, 0.25) is 0 Å². The van der Waals surface area contributed by atoms with Crippen LogP contribution in [-0.4, -0.2) is 26.1 Å². The number of carbonyl (C=O) groups excluding carboxylic acids is 1. The summed E-state index contributed by atoms with van der Waals surface area (Å²) in [4.78, 5) is 11.7. The van der Waals surface area contributed by atoms with Crippen LogP contribution < -0.4 is 11.1 Å². The second-order valence-corrected chi connectivity index (χ2v) is 6.46. The number of nitrogen functional groups attached to an aromatic ring is 1. The molecule has 3 N–H and O–H groups in total. The fourth-order valence-electron chi connectivity index (χ4n) is 1.95. The Morgan fingerprint density at radius 3 is 2.74 bits per heavy atom. The Morgan fingerprint density at radius 2 is 2.11 bits per heavy atom. The second kappa shape index (κ2) is 5.44. The van der Waals surface area contributed by atoms with Gasteiger partial charge in [0, 0.05) is 17.5 Å². The Bertz CT molecular complexity index is 608. The first kappa shape index (κ1) is 13.6. The van der Waals surface area contributed by atoms with E-state index in [9.17, 15) is 13.2 Å². The Morgan fingerprint density at radius 1 is 1.37 bits per heavy atom. The summed E-state index contributed by atoms with van der Waals surface area (Å²) in [5.74, 6) is -0.221. The molecule has 1 amide bonds. The van der Waals surface area contributed by atoms with Crippen molar-refractivity contribution < 1.29 is 13.2 Å². The van der Waals surface area contributed by atoms with E-state index in [1.165, 1.54) is 6.08 Å². The van der Waals surface area contributed by atoms with Crippen LogP contribution in [0.25, 0.3) is 0 Å². The van der Waals surface area contributed by atoms with Crippen molar-refractivity contribution >= 4 is 21.4 Å². The van der Waals surface area contributed by atoms with E-state index in [0.717, 1.165) is 11.0 Å². The van der Waals surface area contributed by atoms with E-state index in [0.29, 0.717) is 18.5 Å². The summed E-state index contributed by atoms with van der Waals surface area (Å²) in [6.45, 7) is 0. The molecule has 0 bridgehead atoms. The van der Waals surface area contributed by atoms with Crippen molar-refractivity contribution in [1.29, 1.82) is 0 Å². The average molecular weight is 280 g/mol. The number of anilines is 1. The molecule has 0 aromatic heterocycles. The number of nitrogens with one attached hydrogen (secondary N) is 1. The van der Waals surface area contributed by atoms with E-state index in [4.69, 9.17) is 5.73 Å². The molecule has 2 rings (SSSR count). The highest BCUT2D eigenvalue weighted by Crippen LogP contribution is 2.13. The minimum Gasteiger partial charge on any atom is -0.399 e. The summed E-state index contributed by atoms with van der Waals surface area (Å²) in [7, 11) is -3.13. The molecule has 0 fully saturated rings. The van der Waals surface area contributed by atoms with Crippen LogP contribution >= 0.6 is 0 Å². The van der Waals surface area contributed by atoms with Crippen molar-refractivity contribution in [2.75, 3.05) is 11.5 Å². The molecule has 0 spiro atoms. The summed E-state index contributed by atoms with van der Waals surface area (Å²) in [6, 6.07) is 6.97. The Hall–Kier alpha value is -1.82. The Kier molecular flexibility index (Phi) is 3.90. The molecule has 5 nitrogen and oxygen atoms in total. The van der Waals surface area contributed by atoms with E-state index in [1.54, 1.807) is 6.07 Å². The summed E-state index contributed by atoms with van der Waals surface area (Å²) >= 11 is 0. The van der Waals surface area contributed by atoms with Gasteiger partial charge in [-0.2, -0.15) is 0 Å². The van der Waals surface area contributed by atoms with Gasteiger partial charge in [-0.25, -0.2) is 8.42 Å². The highest BCUT2D eigenvalue weighted by atomic mass is 32.2. The van der Waals surface area contributed by atoms with Gasteiger partial charge in [0.05, 0.1) is 11.8 Å². The van der Waals surface area contributed by atoms with Crippen molar-refractivity contribution in [3.05, 3.63) is 41.3 Å². The molecule has 19 heavy (non-hydrogen) atoms. The van der Waals surface area contributed by atoms with Gasteiger partial charge < -0.3 is 11.1 Å². The van der Waals surface area contributed by atoms with Gasteiger partial charge in [0.25, 0.3) is 0 Å². The fraction of sp³-hybridized carbons (Fsp3) is 0.308. The largest absolute Gasteiger partial charge is 0.399 e. The highest BCUT2D eigenvalue weighted by Gasteiger charge is 2.22. The SMILES string of the molecule is Nc1ccccc1CCC(=O)NC1C=CS(=O)(=O)C1. The Labute approximate surface area is 112 Å². The zero-order valence-electron chi connectivity index (χ0n) is 10.4. The third-order valence-corrected chi connectivity index (χ3v) is 4.35. The highest BCUT2D eigenvalue weighted by molar-refractivity contribution is 7.94. The van der Waals surface area contributed by atoms with E-state index < -0.39 is 15.9 Å². The van der Waals surface area contributed by atoms with Crippen molar-refractivity contribution in [1.82, 2.24) is 5.32 Å². The van der Waals surface area contributed by atoms with Crippen molar-refractivity contribution in [3.63, 3.8) is 0 Å². The molecule has 0 aliphatic carbocycles. The van der Waals surface area contributed by atoms with Gasteiger partial charge >= 0.3 is 0 Å². The number of rotatable bonds is 4. The van der Waals surface area contributed by atoms with Crippen LogP contribution in [0.15, 0.2) is 35.7 Å². The number of benzene rings is 1. The van der Waals surface area contributed by atoms with E-state index in [1.807, 2.05) is 18.2 Å². The molecule has 0 saturated heterocycles. The van der Waals surface area contributed by atoms with E-state index >= 15 is 0 Å². The average Bonchev–Trinajstić information content (AvgIpc) is 2.67. The number of para-hydroxylation sites is 1. The molecule has 1 aromatic carbocycles. The lowest BCUT2D eigenvalue weighted by atomic mass is 10.1. The molecule has 0 radical (unpaired) electrons. The van der Waals surface area contributed by atoms with E-state index in [2.05, 4.69) is 5.32 Å². The van der Waals surface area contributed by atoms with Crippen molar-refractivity contribution in [2.45, 2.75) is 18.9 Å². The molecular formula is C13H16N2O3S. The third-order valence-electron chi connectivity index (χ3n) is 2.95. The minimum absolute atomic E-state index is 0.0494. The van der Waals surface area contributed by atoms with Gasteiger partial charge in [0.2, 0.25) is 5.91 Å². The van der Waals surface area contributed by atoms with Crippen LogP contribution in [0.5, 0.6) is 0 Å². The quantitative estimate of drug-likeness (QED) is 0.792. The number of carbonyl (C=O) groups is 1. The summed E-state index contributed by atoms with van der Waals surface area (Å²) < 4.78 is 22.4. The van der Waals surface area contributed by atoms with Gasteiger partial charge in [-0.1, -0.05) is 18.2 Å². The maximum atomic E-state index is 11.7. The predicted molar refractivity (Wildman–Crippen MR) is 74.0 cm³/mol. The van der Waals surface area contributed by atoms with Crippen molar-refractivity contribution in [2.24, 2.45) is 0 Å². The molecule has 1 aliphatic rings. The number of aryl methyl sites for hydroxylation is 1. The molecular weight excluding hydrogens is 264 g/mol. The number of amides is 1. The summed E-state index contributed by atoms with van der Waals surface area (Å²) in [5, 5.41) is 3.82. The van der Waals surface area contributed by atoms with E-state index in [-0.39, 0.29) is 11.7 Å². The molecule has 6 heteroatoms. The normalized spacial score (nSPS) is 20.3. The molecule has 1 aliphatic heterocycles. The first-order valence-corrected chi connectivity index (χ1v) is 7.71. The number of sulfone groups is 1. The molecule has 1 heterocycles. The Balaban J connectivity index is 1.83. The molecule has 1 atom stereocenters. The lowest BCUT2D eigenvalue weighted by molar-refractivity contribution is -0.121. The lowest BCUT2D eigenvalue weighted by Crippen LogP contribution is -2.35. The summed E-state index contributed by atoms with van der Waals surface area (Å²) in [6.07, 6.45) is 2.34. The predicted octanol–water partition coefficient (Wildman–Crippen LogP) is 0.628. The number of nitrogens with two attached hydrogens (primary N) is 1. The molecule has 1 unspecified atom stereocenters. The first-order chi connectivity index (χ1) is 8.96. The zero-order chi connectivity index (χ0) is 13.9. The van der Waals surface area contributed by atoms with Crippen LogP contribution in [0.1, 0.15) is 12.0 Å². The van der Waals surface area contributed by atoms with Gasteiger partial charge in [-0.3, -0.25) is 4.79 Å². The maximum absolute atomic E-state index is 11.7. The van der Waals surface area contributed by atoms with Gasteiger partial charge in [-0.05, 0) is 24.1 Å². The molecule has 0 saturated carbocycles. The summed E-state index contributed by atoms with van der Waals surface area (Å²) in [5.41, 5.74) is 7.37. The number of hydrogen-bond acceptors (Lipinski definition) is 4. The minimum atomic E-state index is -3.13. The smallest absolute Gasteiger partial charge is 0.220 e. The van der Waals surface area contributed by atoms with Gasteiger partial charge in [0.15, 0.2) is 9.84 Å². The lowest BCUT2D eigenvalue weighted by Gasteiger charge is -2.10. The standard InChI is InChI=1S/C13H16N2O3S/c14-12-4-2-1-3-10(12)5-6-13(16)15-11-7-8-19(17,18)9-11/h1-4,7-8,11H,5-6,9,14H2,(H,15,16). The van der Waals surface area contributed by atoms with Crippen LogP contribution in [0.4, 0.5) is 5.69 Å². The molecule has 1 aromatic rings. The zero-order valence-corrected chi connectivity index (χ0v) is 11.2.